The van der Waals surface area contributed by atoms with Crippen molar-refractivity contribution in [2.45, 2.75) is 38.8 Å². The number of halogens is 1. The van der Waals surface area contributed by atoms with Gasteiger partial charge in [0.2, 0.25) is 5.91 Å². The second-order valence-electron chi connectivity index (χ2n) is 7.79. The Hall–Kier alpha value is -2.35. The summed E-state index contributed by atoms with van der Waals surface area (Å²) in [7, 11) is 0. The number of hydrogen-bond acceptors (Lipinski definition) is 5. The van der Waals surface area contributed by atoms with E-state index in [4.69, 9.17) is 0 Å². The minimum absolute atomic E-state index is 0.136. The maximum absolute atomic E-state index is 14.0. The molecule has 0 saturated carbocycles. The van der Waals surface area contributed by atoms with Crippen LogP contribution in [0.25, 0.3) is 0 Å². The molecule has 1 spiro atoms. The maximum Gasteiger partial charge on any atom is 0.224 e. The van der Waals surface area contributed by atoms with Gasteiger partial charge in [-0.2, -0.15) is 0 Å². The molecule has 1 unspecified atom stereocenters. The number of amides is 1. The molecule has 27 heavy (non-hydrogen) atoms. The Morgan fingerprint density at radius 2 is 2.07 bits per heavy atom. The third kappa shape index (κ3) is 4.16. The molecule has 1 amide bonds. The fourth-order valence-corrected chi connectivity index (χ4v) is 4.44. The van der Waals surface area contributed by atoms with Gasteiger partial charge in [0.15, 0.2) is 0 Å². The van der Waals surface area contributed by atoms with Crippen LogP contribution in [0, 0.1) is 11.2 Å². The van der Waals surface area contributed by atoms with Crippen LogP contribution >= 0.6 is 0 Å². The summed E-state index contributed by atoms with van der Waals surface area (Å²) in [5.41, 5.74) is 0.899. The van der Waals surface area contributed by atoms with E-state index in [0.29, 0.717) is 19.5 Å². The molecule has 0 N–H and O–H groups in total. The lowest BCUT2D eigenvalue weighted by Gasteiger charge is -2.40. The van der Waals surface area contributed by atoms with Crippen LogP contribution in [-0.4, -0.2) is 62.1 Å². The molecule has 3 heterocycles. The van der Waals surface area contributed by atoms with Gasteiger partial charge in [0, 0.05) is 43.6 Å². The molecule has 0 radical (unpaired) electrons. The van der Waals surface area contributed by atoms with Gasteiger partial charge in [0.05, 0.1) is 6.54 Å². The molecule has 2 fully saturated rings. The molecule has 0 bridgehead atoms. The first-order chi connectivity index (χ1) is 13.1. The van der Waals surface area contributed by atoms with Crippen molar-refractivity contribution in [3.05, 3.63) is 42.0 Å². The summed E-state index contributed by atoms with van der Waals surface area (Å²) in [6.07, 6.45) is 5.20. The highest BCUT2D eigenvalue weighted by molar-refractivity contribution is 5.76. The van der Waals surface area contributed by atoms with E-state index in [2.05, 4.69) is 20.4 Å². The molecule has 1 aromatic heterocycles. The number of rotatable bonds is 5. The van der Waals surface area contributed by atoms with E-state index in [1.54, 1.807) is 10.7 Å². The van der Waals surface area contributed by atoms with Crippen LogP contribution < -0.4 is 0 Å². The van der Waals surface area contributed by atoms with Crippen molar-refractivity contribution in [1.29, 1.82) is 0 Å². The van der Waals surface area contributed by atoms with E-state index in [1.165, 1.54) is 12.4 Å². The highest BCUT2D eigenvalue weighted by Gasteiger charge is 2.42. The average molecular weight is 372 g/mol. The van der Waals surface area contributed by atoms with Gasteiger partial charge < -0.3 is 4.90 Å². The van der Waals surface area contributed by atoms with Crippen molar-refractivity contribution < 1.29 is 9.18 Å². The van der Waals surface area contributed by atoms with Crippen molar-refractivity contribution in [2.75, 3.05) is 26.2 Å². The number of carbonyl (C=O) groups excluding carboxylic acids is 1. The SMILES string of the molecule is O=C(CCn1cnnn1)N1CCC2(CCCN(Cc3ccccc3F)C2)C1. The lowest BCUT2D eigenvalue weighted by atomic mass is 9.79. The fourth-order valence-electron chi connectivity index (χ4n) is 4.44. The van der Waals surface area contributed by atoms with Crippen molar-refractivity contribution in [1.82, 2.24) is 30.0 Å². The lowest BCUT2D eigenvalue weighted by Crippen LogP contribution is -2.45. The Kier molecular flexibility index (Phi) is 5.15. The van der Waals surface area contributed by atoms with Crippen LogP contribution in [0.3, 0.4) is 0 Å². The number of piperidine rings is 1. The smallest absolute Gasteiger partial charge is 0.224 e. The van der Waals surface area contributed by atoms with Gasteiger partial charge >= 0.3 is 0 Å². The van der Waals surface area contributed by atoms with Crippen LogP contribution in [0.15, 0.2) is 30.6 Å². The Balaban J connectivity index is 1.33. The third-order valence-electron chi connectivity index (χ3n) is 5.83. The number of benzene rings is 1. The summed E-state index contributed by atoms with van der Waals surface area (Å²) in [5.74, 6) is 0.0246. The predicted octanol–water partition coefficient (Wildman–Crippen LogP) is 1.72. The number of nitrogens with zero attached hydrogens (tertiary/aromatic N) is 6. The predicted molar refractivity (Wildman–Crippen MR) is 97.0 cm³/mol. The summed E-state index contributed by atoms with van der Waals surface area (Å²) >= 11 is 0. The Bertz CT molecular complexity index is 782. The van der Waals surface area contributed by atoms with Crippen molar-refractivity contribution >= 4 is 5.91 Å². The van der Waals surface area contributed by atoms with E-state index >= 15 is 0 Å². The molecule has 2 aliphatic heterocycles. The zero-order valence-corrected chi connectivity index (χ0v) is 15.4. The first kappa shape index (κ1) is 18.0. The fraction of sp³-hybridized carbons (Fsp3) is 0.579. The highest BCUT2D eigenvalue weighted by atomic mass is 19.1. The quantitative estimate of drug-likeness (QED) is 0.799. The van der Waals surface area contributed by atoms with Crippen LogP contribution in [0.4, 0.5) is 4.39 Å². The molecule has 4 rings (SSSR count). The third-order valence-corrected chi connectivity index (χ3v) is 5.83. The number of carbonyl (C=O) groups is 1. The van der Waals surface area contributed by atoms with E-state index in [1.807, 2.05) is 17.0 Å². The van der Waals surface area contributed by atoms with E-state index in [-0.39, 0.29) is 17.1 Å². The van der Waals surface area contributed by atoms with Crippen molar-refractivity contribution in [2.24, 2.45) is 5.41 Å². The van der Waals surface area contributed by atoms with E-state index in [0.717, 1.165) is 51.0 Å². The summed E-state index contributed by atoms with van der Waals surface area (Å²) in [5, 5.41) is 11.0. The monoisotopic (exact) mass is 372 g/mol. The molecular formula is C19H25FN6O. The standard InChI is InChI=1S/C19H25FN6O/c20-17-5-2-1-4-16(17)12-24-9-3-7-19(13-24)8-11-25(14-19)18(27)6-10-26-15-21-22-23-26/h1-2,4-5,15H,3,6-14H2. The Morgan fingerprint density at radius 1 is 1.19 bits per heavy atom. The molecule has 1 aromatic carbocycles. The minimum atomic E-state index is -0.136. The van der Waals surface area contributed by atoms with Gasteiger partial charge in [-0.25, -0.2) is 9.07 Å². The van der Waals surface area contributed by atoms with Gasteiger partial charge in [-0.05, 0) is 42.3 Å². The van der Waals surface area contributed by atoms with Gasteiger partial charge in [-0.3, -0.25) is 9.69 Å². The first-order valence-corrected chi connectivity index (χ1v) is 9.58. The van der Waals surface area contributed by atoms with Gasteiger partial charge in [-0.15, -0.1) is 5.10 Å². The summed E-state index contributed by atoms with van der Waals surface area (Å²) < 4.78 is 15.6. The number of aryl methyl sites for hydroxylation is 1. The summed E-state index contributed by atoms with van der Waals surface area (Å²) in [6, 6.07) is 7.00. The van der Waals surface area contributed by atoms with Crippen LogP contribution in [-0.2, 0) is 17.9 Å². The largest absolute Gasteiger partial charge is 0.342 e. The molecule has 2 aromatic rings. The molecule has 2 aliphatic rings. The lowest BCUT2D eigenvalue weighted by molar-refractivity contribution is -0.131. The van der Waals surface area contributed by atoms with Gasteiger partial charge in [0.25, 0.3) is 0 Å². The first-order valence-electron chi connectivity index (χ1n) is 9.58. The van der Waals surface area contributed by atoms with Gasteiger partial charge in [0.1, 0.15) is 12.1 Å². The minimum Gasteiger partial charge on any atom is -0.342 e. The number of likely N-dealkylation sites (tertiary alicyclic amines) is 2. The Morgan fingerprint density at radius 3 is 2.89 bits per heavy atom. The molecule has 1 atom stereocenters. The second kappa shape index (κ2) is 7.72. The normalized spacial score (nSPS) is 23.2. The van der Waals surface area contributed by atoms with E-state index in [9.17, 15) is 9.18 Å². The average Bonchev–Trinajstić information content (AvgIpc) is 3.32. The van der Waals surface area contributed by atoms with Crippen molar-refractivity contribution in [3.8, 4) is 0 Å². The number of hydrogen-bond donors (Lipinski definition) is 0. The van der Waals surface area contributed by atoms with Crippen LogP contribution in [0.1, 0.15) is 31.2 Å². The molecule has 0 aliphatic carbocycles. The Labute approximate surface area is 158 Å². The van der Waals surface area contributed by atoms with Crippen molar-refractivity contribution in [3.63, 3.8) is 0 Å². The second-order valence-corrected chi connectivity index (χ2v) is 7.79. The zero-order valence-electron chi connectivity index (χ0n) is 15.4. The molecule has 144 valence electrons. The number of tetrazole rings is 1. The highest BCUT2D eigenvalue weighted by Crippen LogP contribution is 2.39. The van der Waals surface area contributed by atoms with Crippen LogP contribution in [0.2, 0.25) is 0 Å². The number of aromatic nitrogens is 4. The topological polar surface area (TPSA) is 67.2 Å². The molecule has 7 nitrogen and oxygen atoms in total. The summed E-state index contributed by atoms with van der Waals surface area (Å²) in [4.78, 5) is 16.9. The summed E-state index contributed by atoms with van der Waals surface area (Å²) in [6.45, 7) is 4.68. The van der Waals surface area contributed by atoms with Crippen LogP contribution in [0.5, 0.6) is 0 Å². The maximum atomic E-state index is 14.0. The molecule has 8 heteroatoms. The zero-order chi connectivity index (χ0) is 18.7. The van der Waals surface area contributed by atoms with Gasteiger partial charge in [-0.1, -0.05) is 18.2 Å². The van der Waals surface area contributed by atoms with E-state index < -0.39 is 0 Å². The molecular weight excluding hydrogens is 347 g/mol. The molecule has 2 saturated heterocycles.